The second-order valence-corrected chi connectivity index (χ2v) is 4.81. The molecule has 0 saturated heterocycles. The molecule has 0 atom stereocenters. The summed E-state index contributed by atoms with van der Waals surface area (Å²) in [5.41, 5.74) is 6.78. The first-order chi connectivity index (χ1) is 4.84. The van der Waals surface area contributed by atoms with E-state index in [0.29, 0.717) is 0 Å². The zero-order valence-electron chi connectivity index (χ0n) is 7.77. The van der Waals surface area contributed by atoms with E-state index >= 15 is 0 Å². The van der Waals surface area contributed by atoms with Gasteiger partial charge in [0.05, 0.1) is 0 Å². The van der Waals surface area contributed by atoms with Crippen molar-refractivity contribution in [3.05, 3.63) is 22.6 Å². The normalized spacial score (nSPS) is 13.3. The van der Waals surface area contributed by atoms with Crippen LogP contribution in [-0.4, -0.2) is 0 Å². The third-order valence-corrected chi connectivity index (χ3v) is 2.03. The molecule has 0 spiro atoms. The second kappa shape index (κ2) is 3.86. The van der Waals surface area contributed by atoms with Crippen LogP contribution in [0.15, 0.2) is 22.6 Å². The molecular weight excluding hydrogens is 154 g/mol. The Morgan fingerprint density at radius 2 is 1.91 bits per heavy atom. The molecule has 0 aromatic rings. The predicted octanol–water partition coefficient (Wildman–Crippen LogP) is 3.10. The van der Waals surface area contributed by atoms with Crippen molar-refractivity contribution >= 4 is 11.8 Å². The molecular formula is C9H17NS. The molecule has 0 aliphatic heterocycles. The minimum Gasteiger partial charge on any atom is -0.401 e. The van der Waals surface area contributed by atoms with E-state index in [-0.39, 0.29) is 5.41 Å². The van der Waals surface area contributed by atoms with Gasteiger partial charge in [-0.2, -0.15) is 0 Å². The summed E-state index contributed by atoms with van der Waals surface area (Å²) < 4.78 is 0. The van der Waals surface area contributed by atoms with Crippen molar-refractivity contribution in [2.45, 2.75) is 27.7 Å². The van der Waals surface area contributed by atoms with Gasteiger partial charge < -0.3 is 5.73 Å². The average molecular weight is 171 g/mol. The molecule has 11 heavy (non-hydrogen) atoms. The SMILES string of the molecule is C=C(C)S/C=C(\N)C(C)(C)C. The van der Waals surface area contributed by atoms with E-state index < -0.39 is 0 Å². The molecule has 0 radical (unpaired) electrons. The van der Waals surface area contributed by atoms with Crippen molar-refractivity contribution in [2.75, 3.05) is 0 Å². The van der Waals surface area contributed by atoms with Crippen LogP contribution in [-0.2, 0) is 0 Å². The summed E-state index contributed by atoms with van der Waals surface area (Å²) in [7, 11) is 0. The lowest BCUT2D eigenvalue weighted by atomic mass is 9.94. The van der Waals surface area contributed by atoms with Crippen molar-refractivity contribution in [1.82, 2.24) is 0 Å². The van der Waals surface area contributed by atoms with Crippen LogP contribution >= 0.6 is 11.8 Å². The van der Waals surface area contributed by atoms with Crippen LogP contribution < -0.4 is 5.73 Å². The number of rotatable bonds is 2. The zero-order chi connectivity index (χ0) is 9.07. The highest BCUT2D eigenvalue weighted by atomic mass is 32.2. The largest absolute Gasteiger partial charge is 0.401 e. The maximum atomic E-state index is 5.80. The summed E-state index contributed by atoms with van der Waals surface area (Å²) in [6.07, 6.45) is 0. The van der Waals surface area contributed by atoms with E-state index in [0.717, 1.165) is 10.6 Å². The Bertz CT molecular complexity index is 174. The fourth-order valence-electron chi connectivity index (χ4n) is 0.341. The summed E-state index contributed by atoms with van der Waals surface area (Å²) >= 11 is 1.58. The Labute approximate surface area is 73.7 Å². The molecule has 0 fully saturated rings. The number of hydrogen-bond acceptors (Lipinski definition) is 2. The highest BCUT2D eigenvalue weighted by Gasteiger charge is 2.12. The Hall–Kier alpha value is -0.370. The summed E-state index contributed by atoms with van der Waals surface area (Å²) in [6, 6.07) is 0. The summed E-state index contributed by atoms with van der Waals surface area (Å²) in [5, 5.41) is 1.96. The van der Waals surface area contributed by atoms with Crippen molar-refractivity contribution in [3.8, 4) is 0 Å². The van der Waals surface area contributed by atoms with Gasteiger partial charge in [-0.05, 0) is 17.2 Å². The van der Waals surface area contributed by atoms with Gasteiger partial charge in [-0.1, -0.05) is 27.4 Å². The number of thioether (sulfide) groups is 1. The molecule has 0 heterocycles. The fraction of sp³-hybridized carbons (Fsp3) is 0.556. The van der Waals surface area contributed by atoms with Crippen LogP contribution in [0.2, 0.25) is 0 Å². The molecule has 0 unspecified atom stereocenters. The van der Waals surface area contributed by atoms with Crippen LogP contribution in [0, 0.1) is 5.41 Å². The molecule has 0 aliphatic carbocycles. The van der Waals surface area contributed by atoms with Crippen LogP contribution in [0.5, 0.6) is 0 Å². The van der Waals surface area contributed by atoms with Gasteiger partial charge in [0.15, 0.2) is 0 Å². The molecule has 0 aromatic heterocycles. The third-order valence-electron chi connectivity index (χ3n) is 1.25. The molecule has 2 N–H and O–H groups in total. The Balaban J connectivity index is 4.12. The molecule has 0 aromatic carbocycles. The molecule has 0 rings (SSSR count). The van der Waals surface area contributed by atoms with Crippen molar-refractivity contribution in [1.29, 1.82) is 0 Å². The first kappa shape index (κ1) is 10.6. The molecule has 0 aliphatic rings. The minimum absolute atomic E-state index is 0.0719. The highest BCUT2D eigenvalue weighted by molar-refractivity contribution is 8.05. The predicted molar refractivity (Wildman–Crippen MR) is 54.1 cm³/mol. The Morgan fingerprint density at radius 3 is 2.18 bits per heavy atom. The quantitative estimate of drug-likeness (QED) is 0.691. The van der Waals surface area contributed by atoms with Gasteiger partial charge in [-0.25, -0.2) is 0 Å². The maximum Gasteiger partial charge on any atom is 0.0202 e. The van der Waals surface area contributed by atoms with Crippen LogP contribution in [0.4, 0.5) is 0 Å². The monoisotopic (exact) mass is 171 g/mol. The first-order valence-electron chi connectivity index (χ1n) is 3.62. The van der Waals surface area contributed by atoms with E-state index in [4.69, 9.17) is 5.73 Å². The molecule has 0 saturated carbocycles. The lowest BCUT2D eigenvalue weighted by Crippen LogP contribution is -2.16. The van der Waals surface area contributed by atoms with E-state index in [1.807, 2.05) is 12.3 Å². The van der Waals surface area contributed by atoms with Gasteiger partial charge >= 0.3 is 0 Å². The van der Waals surface area contributed by atoms with Crippen LogP contribution in [0.1, 0.15) is 27.7 Å². The smallest absolute Gasteiger partial charge is 0.0202 e. The number of hydrogen-bond donors (Lipinski definition) is 1. The van der Waals surface area contributed by atoms with Gasteiger partial charge in [-0.15, -0.1) is 11.8 Å². The molecule has 64 valence electrons. The lowest BCUT2D eigenvalue weighted by molar-refractivity contribution is 0.499. The fourth-order valence-corrected chi connectivity index (χ4v) is 1.02. The summed E-state index contributed by atoms with van der Waals surface area (Å²) in [4.78, 5) is 1.07. The standard InChI is InChI=1S/C9H17NS/c1-7(2)11-6-8(10)9(3,4)5/h6H,1,10H2,2-5H3/b8-6-. The molecule has 0 amide bonds. The summed E-state index contributed by atoms with van der Waals surface area (Å²) in [6.45, 7) is 12.0. The topological polar surface area (TPSA) is 26.0 Å². The lowest BCUT2D eigenvalue weighted by Gasteiger charge is -2.18. The minimum atomic E-state index is 0.0719. The van der Waals surface area contributed by atoms with E-state index in [2.05, 4.69) is 27.4 Å². The highest BCUT2D eigenvalue weighted by Crippen LogP contribution is 2.25. The van der Waals surface area contributed by atoms with Gasteiger partial charge in [0.25, 0.3) is 0 Å². The Kier molecular flexibility index (Phi) is 3.73. The number of nitrogens with two attached hydrogens (primary N) is 1. The van der Waals surface area contributed by atoms with Crippen molar-refractivity contribution < 1.29 is 0 Å². The zero-order valence-corrected chi connectivity index (χ0v) is 8.59. The second-order valence-electron chi connectivity index (χ2n) is 3.64. The van der Waals surface area contributed by atoms with E-state index in [9.17, 15) is 0 Å². The molecule has 1 nitrogen and oxygen atoms in total. The van der Waals surface area contributed by atoms with E-state index in [1.54, 1.807) is 11.8 Å². The van der Waals surface area contributed by atoms with Crippen molar-refractivity contribution in [2.24, 2.45) is 11.1 Å². The first-order valence-corrected chi connectivity index (χ1v) is 4.50. The average Bonchev–Trinajstić information content (AvgIpc) is 1.80. The maximum absolute atomic E-state index is 5.80. The van der Waals surface area contributed by atoms with Crippen LogP contribution in [0.3, 0.4) is 0 Å². The number of allylic oxidation sites excluding steroid dienone is 2. The van der Waals surface area contributed by atoms with Gasteiger partial charge in [0, 0.05) is 11.1 Å². The third kappa shape index (κ3) is 4.96. The van der Waals surface area contributed by atoms with Crippen LogP contribution in [0.25, 0.3) is 0 Å². The summed E-state index contributed by atoms with van der Waals surface area (Å²) in [5.74, 6) is 0. The molecule has 2 heteroatoms. The van der Waals surface area contributed by atoms with Crippen molar-refractivity contribution in [3.63, 3.8) is 0 Å². The van der Waals surface area contributed by atoms with E-state index in [1.165, 1.54) is 0 Å². The van der Waals surface area contributed by atoms with Gasteiger partial charge in [0.2, 0.25) is 0 Å². The van der Waals surface area contributed by atoms with Gasteiger partial charge in [-0.3, -0.25) is 0 Å². The molecule has 0 bridgehead atoms. The Morgan fingerprint density at radius 1 is 1.45 bits per heavy atom. The van der Waals surface area contributed by atoms with Gasteiger partial charge in [0.1, 0.15) is 0 Å².